The molecule has 29 heavy (non-hydrogen) atoms. The monoisotopic (exact) mass is 408 g/mol. The number of nitrogens with zero attached hydrogens (tertiary/aromatic N) is 3. The Labute approximate surface area is 175 Å². The van der Waals surface area contributed by atoms with E-state index in [-0.39, 0.29) is 11.7 Å². The fourth-order valence-electron chi connectivity index (χ4n) is 2.68. The van der Waals surface area contributed by atoms with Gasteiger partial charge >= 0.3 is 0 Å². The molecule has 6 nitrogen and oxygen atoms in total. The summed E-state index contributed by atoms with van der Waals surface area (Å²) in [5.41, 5.74) is 2.20. The Morgan fingerprint density at radius 3 is 2.79 bits per heavy atom. The standard InChI is InChI=1S/C22H24N4O2S/c1-3-12-26-20(15-28-19-11-7-8-17(2)13-19)24-25-22(26)29-16-21(27)23-14-18-9-5-4-6-10-18/h3-11,13H,1,12,14-16H2,2H3,(H,23,27). The van der Waals surface area contributed by atoms with Gasteiger partial charge in [0.1, 0.15) is 12.4 Å². The van der Waals surface area contributed by atoms with Crippen molar-refractivity contribution >= 4 is 17.7 Å². The summed E-state index contributed by atoms with van der Waals surface area (Å²) >= 11 is 1.35. The van der Waals surface area contributed by atoms with Crippen molar-refractivity contribution in [2.75, 3.05) is 5.75 Å². The second-order valence-corrected chi connectivity index (χ2v) is 7.40. The zero-order chi connectivity index (χ0) is 20.5. The van der Waals surface area contributed by atoms with Gasteiger partial charge < -0.3 is 10.1 Å². The highest BCUT2D eigenvalue weighted by atomic mass is 32.2. The summed E-state index contributed by atoms with van der Waals surface area (Å²) in [6, 6.07) is 17.7. The van der Waals surface area contributed by atoms with Gasteiger partial charge in [0, 0.05) is 13.1 Å². The minimum atomic E-state index is -0.0513. The lowest BCUT2D eigenvalue weighted by molar-refractivity contribution is -0.118. The zero-order valence-electron chi connectivity index (χ0n) is 16.4. The van der Waals surface area contributed by atoms with Gasteiger partial charge in [-0.1, -0.05) is 60.3 Å². The fraction of sp³-hybridized carbons (Fsp3) is 0.227. The maximum Gasteiger partial charge on any atom is 0.230 e. The predicted molar refractivity (Wildman–Crippen MR) is 115 cm³/mol. The molecule has 1 amide bonds. The number of carbonyl (C=O) groups is 1. The van der Waals surface area contributed by atoms with Gasteiger partial charge in [-0.2, -0.15) is 0 Å². The molecule has 0 spiro atoms. The highest BCUT2D eigenvalue weighted by Gasteiger charge is 2.14. The van der Waals surface area contributed by atoms with Crippen LogP contribution >= 0.6 is 11.8 Å². The van der Waals surface area contributed by atoms with Crippen LogP contribution in [0.25, 0.3) is 0 Å². The average molecular weight is 409 g/mol. The number of ether oxygens (including phenoxy) is 1. The van der Waals surface area contributed by atoms with Gasteiger partial charge in [-0.25, -0.2) is 0 Å². The van der Waals surface area contributed by atoms with Crippen LogP contribution in [0.1, 0.15) is 17.0 Å². The number of hydrogen-bond donors (Lipinski definition) is 1. The van der Waals surface area contributed by atoms with Crippen molar-refractivity contribution in [3.05, 3.63) is 84.2 Å². The Kier molecular flexibility index (Phi) is 7.47. The molecule has 1 N–H and O–H groups in total. The van der Waals surface area contributed by atoms with Crippen molar-refractivity contribution in [3.63, 3.8) is 0 Å². The summed E-state index contributed by atoms with van der Waals surface area (Å²) in [5.74, 6) is 1.69. The lowest BCUT2D eigenvalue weighted by atomic mass is 10.2. The molecule has 0 radical (unpaired) electrons. The number of allylic oxidation sites excluding steroid dienone is 1. The largest absolute Gasteiger partial charge is 0.486 e. The number of benzene rings is 2. The summed E-state index contributed by atoms with van der Waals surface area (Å²) in [4.78, 5) is 12.2. The van der Waals surface area contributed by atoms with Crippen LogP contribution < -0.4 is 10.1 Å². The van der Waals surface area contributed by atoms with Gasteiger partial charge in [0.25, 0.3) is 0 Å². The first-order chi connectivity index (χ1) is 14.2. The van der Waals surface area contributed by atoms with E-state index in [9.17, 15) is 4.79 Å². The number of rotatable bonds is 10. The minimum Gasteiger partial charge on any atom is -0.486 e. The number of carbonyl (C=O) groups excluding carboxylic acids is 1. The smallest absolute Gasteiger partial charge is 0.230 e. The van der Waals surface area contributed by atoms with Gasteiger partial charge in [0.2, 0.25) is 5.91 Å². The fourth-order valence-corrected chi connectivity index (χ4v) is 3.47. The third-order valence-corrected chi connectivity index (χ3v) is 5.09. The number of thioether (sulfide) groups is 1. The van der Waals surface area contributed by atoms with Crippen molar-refractivity contribution in [2.24, 2.45) is 0 Å². The quantitative estimate of drug-likeness (QED) is 0.409. The molecule has 3 rings (SSSR count). The van der Waals surface area contributed by atoms with Crippen LogP contribution in [-0.2, 0) is 24.5 Å². The lowest BCUT2D eigenvalue weighted by Crippen LogP contribution is -2.24. The molecule has 150 valence electrons. The van der Waals surface area contributed by atoms with E-state index in [1.54, 1.807) is 6.08 Å². The summed E-state index contributed by atoms with van der Waals surface area (Å²) in [5, 5.41) is 12.0. The van der Waals surface area contributed by atoms with E-state index < -0.39 is 0 Å². The van der Waals surface area contributed by atoms with Gasteiger partial charge in [0.05, 0.1) is 5.75 Å². The predicted octanol–water partition coefficient (Wildman–Crippen LogP) is 3.76. The Bertz CT molecular complexity index is 956. The molecule has 0 bridgehead atoms. The van der Waals surface area contributed by atoms with E-state index in [0.29, 0.717) is 30.7 Å². The van der Waals surface area contributed by atoms with Crippen LogP contribution in [0, 0.1) is 6.92 Å². The second kappa shape index (κ2) is 10.5. The first-order valence-corrected chi connectivity index (χ1v) is 10.3. The molecule has 1 aromatic heterocycles. The molecule has 1 heterocycles. The van der Waals surface area contributed by atoms with Crippen molar-refractivity contribution in [1.29, 1.82) is 0 Å². The van der Waals surface area contributed by atoms with Crippen molar-refractivity contribution in [2.45, 2.75) is 31.8 Å². The van der Waals surface area contributed by atoms with Crippen molar-refractivity contribution in [1.82, 2.24) is 20.1 Å². The Hall–Kier alpha value is -3.06. The SMILES string of the molecule is C=CCn1c(COc2cccc(C)c2)nnc1SCC(=O)NCc1ccccc1. The van der Waals surface area contributed by atoms with Gasteiger partial charge in [-0.15, -0.1) is 16.8 Å². The van der Waals surface area contributed by atoms with E-state index in [1.807, 2.05) is 66.1 Å². The van der Waals surface area contributed by atoms with E-state index in [1.165, 1.54) is 11.8 Å². The van der Waals surface area contributed by atoms with Crippen LogP contribution in [0.15, 0.2) is 72.4 Å². The van der Waals surface area contributed by atoms with E-state index >= 15 is 0 Å². The zero-order valence-corrected chi connectivity index (χ0v) is 17.2. The number of hydrogen-bond acceptors (Lipinski definition) is 5. The normalized spacial score (nSPS) is 10.5. The molecule has 0 saturated carbocycles. The first kappa shape index (κ1) is 20.7. The van der Waals surface area contributed by atoms with Crippen LogP contribution in [0.2, 0.25) is 0 Å². The molecule has 0 fully saturated rings. The molecule has 7 heteroatoms. The molecule has 0 aliphatic carbocycles. The highest BCUT2D eigenvalue weighted by molar-refractivity contribution is 7.99. The molecule has 0 atom stereocenters. The topological polar surface area (TPSA) is 69.0 Å². The van der Waals surface area contributed by atoms with Gasteiger partial charge in [0.15, 0.2) is 11.0 Å². The summed E-state index contributed by atoms with van der Waals surface area (Å²) < 4.78 is 7.75. The molecule has 3 aromatic rings. The van der Waals surface area contributed by atoms with Crippen LogP contribution in [0.3, 0.4) is 0 Å². The van der Waals surface area contributed by atoms with Crippen LogP contribution in [0.4, 0.5) is 0 Å². The van der Waals surface area contributed by atoms with E-state index in [2.05, 4.69) is 22.1 Å². The third-order valence-electron chi connectivity index (χ3n) is 4.13. The Morgan fingerprint density at radius 1 is 1.21 bits per heavy atom. The summed E-state index contributed by atoms with van der Waals surface area (Å²) in [7, 11) is 0. The van der Waals surface area contributed by atoms with E-state index in [0.717, 1.165) is 16.9 Å². The Balaban J connectivity index is 1.56. The Morgan fingerprint density at radius 2 is 2.03 bits per heavy atom. The summed E-state index contributed by atoms with van der Waals surface area (Å²) in [6.45, 7) is 7.17. The number of amides is 1. The molecular weight excluding hydrogens is 384 g/mol. The number of nitrogens with one attached hydrogen (secondary N) is 1. The van der Waals surface area contributed by atoms with Gasteiger partial charge in [-0.3, -0.25) is 9.36 Å². The van der Waals surface area contributed by atoms with Gasteiger partial charge in [-0.05, 0) is 30.2 Å². The third kappa shape index (κ3) is 6.22. The highest BCUT2D eigenvalue weighted by Crippen LogP contribution is 2.19. The van der Waals surface area contributed by atoms with Crippen molar-refractivity contribution < 1.29 is 9.53 Å². The molecular formula is C22H24N4O2S. The first-order valence-electron chi connectivity index (χ1n) is 9.31. The summed E-state index contributed by atoms with van der Waals surface area (Å²) in [6.07, 6.45) is 1.78. The van der Waals surface area contributed by atoms with Crippen LogP contribution in [0.5, 0.6) is 5.75 Å². The number of aryl methyl sites for hydroxylation is 1. The second-order valence-electron chi connectivity index (χ2n) is 6.45. The van der Waals surface area contributed by atoms with Crippen LogP contribution in [-0.4, -0.2) is 26.4 Å². The maximum absolute atomic E-state index is 12.2. The van der Waals surface area contributed by atoms with Crippen molar-refractivity contribution in [3.8, 4) is 5.75 Å². The maximum atomic E-state index is 12.2. The molecule has 0 unspecified atom stereocenters. The lowest BCUT2D eigenvalue weighted by Gasteiger charge is -2.10. The molecule has 2 aromatic carbocycles. The number of aromatic nitrogens is 3. The molecule has 0 aliphatic heterocycles. The van der Waals surface area contributed by atoms with E-state index in [4.69, 9.17) is 4.74 Å². The molecule has 0 saturated heterocycles. The minimum absolute atomic E-state index is 0.0513. The average Bonchev–Trinajstić information content (AvgIpc) is 3.12. The molecule has 0 aliphatic rings.